The molecule has 2 rings (SSSR count). The molecule has 0 amide bonds. The van der Waals surface area contributed by atoms with Crippen molar-refractivity contribution in [2.24, 2.45) is 4.99 Å². The highest BCUT2D eigenvalue weighted by atomic mass is 127. The molecule has 148 valence electrons. The summed E-state index contributed by atoms with van der Waals surface area (Å²) >= 11 is 0. The summed E-state index contributed by atoms with van der Waals surface area (Å²) in [6, 6.07) is 18.3. The summed E-state index contributed by atoms with van der Waals surface area (Å²) < 4.78 is 11.1. The van der Waals surface area contributed by atoms with Crippen LogP contribution in [0.4, 0.5) is 0 Å². The maximum Gasteiger partial charge on any atom is 0.191 e. The van der Waals surface area contributed by atoms with Crippen molar-refractivity contribution < 1.29 is 9.47 Å². The van der Waals surface area contributed by atoms with Crippen LogP contribution in [0.25, 0.3) is 0 Å². The van der Waals surface area contributed by atoms with Gasteiger partial charge in [-0.05, 0) is 36.6 Å². The summed E-state index contributed by atoms with van der Waals surface area (Å²) in [5.41, 5.74) is 2.38. The number of hydrogen-bond acceptors (Lipinski definition) is 3. The van der Waals surface area contributed by atoms with Crippen LogP contribution in [0.5, 0.6) is 5.75 Å². The van der Waals surface area contributed by atoms with E-state index < -0.39 is 0 Å². The second-order valence-corrected chi connectivity index (χ2v) is 5.98. The van der Waals surface area contributed by atoms with Crippen LogP contribution in [0, 0.1) is 0 Å². The van der Waals surface area contributed by atoms with Gasteiger partial charge < -0.3 is 20.1 Å². The van der Waals surface area contributed by atoms with Crippen LogP contribution in [-0.4, -0.2) is 33.3 Å². The summed E-state index contributed by atoms with van der Waals surface area (Å²) in [6.45, 7) is 4.31. The van der Waals surface area contributed by atoms with Crippen molar-refractivity contribution in [1.82, 2.24) is 10.6 Å². The fraction of sp³-hybridized carbons (Fsp3) is 0.381. The largest absolute Gasteiger partial charge is 0.497 e. The molecular weight excluding hydrogens is 453 g/mol. The molecule has 2 aromatic carbocycles. The normalized spacial score (nSPS) is 12.0. The van der Waals surface area contributed by atoms with Crippen molar-refractivity contribution in [3.63, 3.8) is 0 Å². The molecule has 0 radical (unpaired) electrons. The molecule has 1 unspecified atom stereocenters. The Morgan fingerprint density at radius 1 is 1.04 bits per heavy atom. The maximum absolute atomic E-state index is 5.88. The number of halogens is 1. The average molecular weight is 483 g/mol. The fourth-order valence-electron chi connectivity index (χ4n) is 2.51. The second kappa shape index (κ2) is 13.4. The molecule has 0 saturated heterocycles. The van der Waals surface area contributed by atoms with Gasteiger partial charge in [0.1, 0.15) is 5.75 Å². The Hall–Kier alpha value is -1.80. The van der Waals surface area contributed by atoms with Gasteiger partial charge in [0.25, 0.3) is 0 Å². The molecule has 6 heteroatoms. The molecule has 2 aromatic rings. The number of rotatable bonds is 9. The Balaban J connectivity index is 0.00000364. The first-order chi connectivity index (χ1) is 12.7. The summed E-state index contributed by atoms with van der Waals surface area (Å²) in [7, 11) is 3.45. The number of ether oxygens (including phenoxy) is 2. The molecule has 0 fully saturated rings. The van der Waals surface area contributed by atoms with Crippen molar-refractivity contribution in [3.8, 4) is 5.75 Å². The lowest BCUT2D eigenvalue weighted by Gasteiger charge is -2.15. The van der Waals surface area contributed by atoms with Crippen LogP contribution in [0.15, 0.2) is 59.6 Å². The fourth-order valence-corrected chi connectivity index (χ4v) is 2.51. The lowest BCUT2D eigenvalue weighted by molar-refractivity contribution is 0.0646. The van der Waals surface area contributed by atoms with Crippen LogP contribution >= 0.6 is 24.0 Å². The first kappa shape index (κ1) is 23.2. The minimum absolute atomic E-state index is 0. The van der Waals surface area contributed by atoms with Gasteiger partial charge in [-0.25, -0.2) is 0 Å². The Kier molecular flexibility index (Phi) is 11.5. The number of nitrogens with zero attached hydrogens (tertiary/aromatic N) is 1. The van der Waals surface area contributed by atoms with E-state index in [1.807, 2.05) is 42.5 Å². The predicted molar refractivity (Wildman–Crippen MR) is 122 cm³/mol. The van der Waals surface area contributed by atoms with Crippen molar-refractivity contribution in [2.45, 2.75) is 26.0 Å². The maximum atomic E-state index is 5.88. The number of hydrogen-bond donors (Lipinski definition) is 2. The van der Waals surface area contributed by atoms with E-state index in [0.29, 0.717) is 13.2 Å². The van der Waals surface area contributed by atoms with Crippen LogP contribution in [0.3, 0.4) is 0 Å². The molecule has 0 spiro atoms. The molecule has 0 saturated carbocycles. The zero-order valence-corrected chi connectivity index (χ0v) is 18.6. The Bertz CT molecular complexity index is 663. The van der Waals surface area contributed by atoms with Gasteiger partial charge in [0, 0.05) is 26.7 Å². The lowest BCUT2D eigenvalue weighted by atomic mass is 10.1. The van der Waals surface area contributed by atoms with Gasteiger partial charge in [0.15, 0.2) is 5.96 Å². The Morgan fingerprint density at radius 2 is 1.74 bits per heavy atom. The molecule has 27 heavy (non-hydrogen) atoms. The summed E-state index contributed by atoms with van der Waals surface area (Å²) in [4.78, 5) is 4.25. The molecule has 0 aliphatic carbocycles. The Labute approximate surface area is 179 Å². The van der Waals surface area contributed by atoms with Gasteiger partial charge in [-0.1, -0.05) is 42.5 Å². The lowest BCUT2D eigenvalue weighted by Crippen LogP contribution is -2.37. The van der Waals surface area contributed by atoms with Gasteiger partial charge >= 0.3 is 0 Å². The molecule has 2 N–H and O–H groups in total. The molecule has 0 aliphatic rings. The number of aliphatic imine (C=N–C) groups is 1. The van der Waals surface area contributed by atoms with E-state index in [4.69, 9.17) is 9.47 Å². The monoisotopic (exact) mass is 483 g/mol. The zero-order chi connectivity index (χ0) is 18.6. The molecule has 5 nitrogen and oxygen atoms in total. The Morgan fingerprint density at radius 3 is 2.37 bits per heavy atom. The highest BCUT2D eigenvalue weighted by Gasteiger charge is 2.04. The number of benzene rings is 2. The third-order valence-electron chi connectivity index (χ3n) is 4.09. The minimum atomic E-state index is 0. The van der Waals surface area contributed by atoms with Crippen molar-refractivity contribution in [1.29, 1.82) is 0 Å². The summed E-state index contributed by atoms with van der Waals surface area (Å²) in [6.07, 6.45) is 1.03. The molecule has 1 atom stereocenters. The smallest absolute Gasteiger partial charge is 0.191 e. The molecule has 0 aromatic heterocycles. The first-order valence-electron chi connectivity index (χ1n) is 8.97. The van der Waals surface area contributed by atoms with Crippen molar-refractivity contribution in [2.75, 3.05) is 27.3 Å². The molecule has 0 aliphatic heterocycles. The molecule has 0 heterocycles. The first-order valence-corrected chi connectivity index (χ1v) is 8.97. The van der Waals surface area contributed by atoms with E-state index in [2.05, 4.69) is 34.7 Å². The third-order valence-corrected chi connectivity index (χ3v) is 4.09. The summed E-state index contributed by atoms with van der Waals surface area (Å²) in [5.74, 6) is 1.65. The zero-order valence-electron chi connectivity index (χ0n) is 16.3. The number of nitrogens with one attached hydrogen (secondary N) is 2. The van der Waals surface area contributed by atoms with Gasteiger partial charge in [0.2, 0.25) is 0 Å². The summed E-state index contributed by atoms with van der Waals surface area (Å²) in [5, 5.41) is 6.62. The highest BCUT2D eigenvalue weighted by molar-refractivity contribution is 14.0. The van der Waals surface area contributed by atoms with Crippen LogP contribution in [0.2, 0.25) is 0 Å². The quantitative estimate of drug-likeness (QED) is 0.244. The van der Waals surface area contributed by atoms with Gasteiger partial charge in [-0.3, -0.25) is 4.99 Å². The standard InChI is InChI=1S/C21H29N3O2.HI/c1-17(19-8-5-4-6-9-19)26-15-7-14-23-21(22-2)24-16-18-10-12-20(25-3)13-11-18;/h4-6,8-13,17H,7,14-16H2,1-3H3,(H2,22,23,24);1H. The minimum Gasteiger partial charge on any atom is -0.497 e. The van der Waals surface area contributed by atoms with E-state index in [0.717, 1.165) is 24.7 Å². The molecular formula is C21H30IN3O2. The topological polar surface area (TPSA) is 54.9 Å². The molecule has 0 bridgehead atoms. The van der Waals surface area contributed by atoms with E-state index in [9.17, 15) is 0 Å². The SMILES string of the molecule is CN=C(NCCCOC(C)c1ccccc1)NCc1ccc(OC)cc1.I. The van der Waals surface area contributed by atoms with E-state index >= 15 is 0 Å². The number of guanidine groups is 1. The van der Waals surface area contributed by atoms with Gasteiger partial charge in [0.05, 0.1) is 13.2 Å². The third kappa shape index (κ3) is 8.62. The van der Waals surface area contributed by atoms with Crippen LogP contribution < -0.4 is 15.4 Å². The van der Waals surface area contributed by atoms with E-state index in [1.165, 1.54) is 11.1 Å². The van der Waals surface area contributed by atoms with E-state index in [-0.39, 0.29) is 30.1 Å². The van der Waals surface area contributed by atoms with Gasteiger partial charge in [-0.2, -0.15) is 0 Å². The number of methoxy groups -OCH3 is 1. The van der Waals surface area contributed by atoms with Crippen molar-refractivity contribution in [3.05, 3.63) is 65.7 Å². The average Bonchev–Trinajstić information content (AvgIpc) is 2.71. The van der Waals surface area contributed by atoms with E-state index in [1.54, 1.807) is 14.2 Å². The van der Waals surface area contributed by atoms with Crippen LogP contribution in [0.1, 0.15) is 30.6 Å². The van der Waals surface area contributed by atoms with Gasteiger partial charge in [-0.15, -0.1) is 24.0 Å². The second-order valence-electron chi connectivity index (χ2n) is 5.98. The highest BCUT2D eigenvalue weighted by Crippen LogP contribution is 2.15. The predicted octanol–water partition coefficient (Wildman–Crippen LogP) is 4.15. The van der Waals surface area contributed by atoms with Crippen LogP contribution in [-0.2, 0) is 11.3 Å². The van der Waals surface area contributed by atoms with Crippen molar-refractivity contribution >= 4 is 29.9 Å².